The quantitative estimate of drug-likeness (QED) is 0.293. The van der Waals surface area contributed by atoms with E-state index in [4.69, 9.17) is 14.2 Å². The Morgan fingerprint density at radius 2 is 1.37 bits per heavy atom. The van der Waals surface area contributed by atoms with Crippen molar-refractivity contribution in [3.8, 4) is 5.75 Å². The van der Waals surface area contributed by atoms with E-state index in [1.807, 2.05) is 70.2 Å². The van der Waals surface area contributed by atoms with Gasteiger partial charge in [0, 0.05) is 19.4 Å². The molecule has 0 radical (unpaired) electrons. The summed E-state index contributed by atoms with van der Waals surface area (Å²) in [4.78, 5) is 37.9. The fraction of sp³-hybridized carbons (Fsp3) is 0.464. The maximum absolute atomic E-state index is 12.5. The lowest BCUT2D eigenvalue weighted by Gasteiger charge is -2.28. The van der Waals surface area contributed by atoms with Gasteiger partial charge in [-0.1, -0.05) is 70.2 Å². The summed E-state index contributed by atoms with van der Waals surface area (Å²) >= 11 is 0. The Balaban J connectivity index is 0.00000298. The molecule has 0 aliphatic carbocycles. The van der Waals surface area contributed by atoms with Gasteiger partial charge in [-0.2, -0.15) is 0 Å². The minimum Gasteiger partial charge on any atom is -0.465 e. The third kappa shape index (κ3) is 12.2. The summed E-state index contributed by atoms with van der Waals surface area (Å²) < 4.78 is 15.8. The maximum atomic E-state index is 12.5. The van der Waals surface area contributed by atoms with Crippen LogP contribution in [0.25, 0.3) is 0 Å². The number of benzene rings is 2. The van der Waals surface area contributed by atoms with Crippen molar-refractivity contribution in [1.82, 2.24) is 4.90 Å². The van der Waals surface area contributed by atoms with Gasteiger partial charge in [0.15, 0.2) is 0 Å². The Kier molecular flexibility index (Phi) is 14.7. The summed E-state index contributed by atoms with van der Waals surface area (Å²) in [6.45, 7) is 11.2. The highest BCUT2D eigenvalue weighted by Crippen LogP contribution is 2.15. The molecule has 0 bridgehead atoms. The highest BCUT2D eigenvalue weighted by Gasteiger charge is 2.24. The Bertz CT molecular complexity index is 878. The molecule has 35 heavy (non-hydrogen) atoms. The maximum Gasteiger partial charge on any atom is 0.308 e. The van der Waals surface area contributed by atoms with Gasteiger partial charge in [-0.15, -0.1) is 0 Å². The fourth-order valence-electron chi connectivity index (χ4n) is 3.48. The molecule has 0 aliphatic heterocycles. The van der Waals surface area contributed by atoms with Crippen LogP contribution in [0.1, 0.15) is 58.6 Å². The van der Waals surface area contributed by atoms with Crippen LogP contribution in [0.5, 0.6) is 5.75 Å². The van der Waals surface area contributed by atoms with Gasteiger partial charge in [0.2, 0.25) is 0 Å². The van der Waals surface area contributed by atoms with E-state index in [-0.39, 0.29) is 50.0 Å². The van der Waals surface area contributed by atoms with E-state index in [9.17, 15) is 14.4 Å². The van der Waals surface area contributed by atoms with E-state index in [1.54, 1.807) is 12.1 Å². The number of hydrogen-bond acceptors (Lipinski definition) is 7. The van der Waals surface area contributed by atoms with Crippen molar-refractivity contribution >= 4 is 17.9 Å². The topological polar surface area (TPSA) is 82.1 Å². The van der Waals surface area contributed by atoms with Crippen LogP contribution in [0.2, 0.25) is 0 Å². The summed E-state index contributed by atoms with van der Waals surface area (Å²) in [5.41, 5.74) is 1.88. The van der Waals surface area contributed by atoms with Gasteiger partial charge in [-0.25, -0.2) is 0 Å². The Morgan fingerprint density at radius 1 is 0.800 bits per heavy atom. The minimum atomic E-state index is -0.372. The fourth-order valence-corrected chi connectivity index (χ4v) is 3.48. The van der Waals surface area contributed by atoms with E-state index >= 15 is 0 Å². The zero-order valence-electron chi connectivity index (χ0n) is 21.6. The van der Waals surface area contributed by atoms with E-state index in [0.29, 0.717) is 12.2 Å². The monoisotopic (exact) mass is 485 g/mol. The second kappa shape index (κ2) is 17.3. The first-order chi connectivity index (χ1) is 16.9. The molecular formula is C28H39NO6. The zero-order chi connectivity index (χ0) is 26.1. The largest absolute Gasteiger partial charge is 0.465 e. The van der Waals surface area contributed by atoms with Gasteiger partial charge in [-0.3, -0.25) is 19.3 Å². The highest BCUT2D eigenvalue weighted by molar-refractivity contribution is 5.74. The molecule has 0 N–H and O–H groups in total. The molecule has 2 aromatic rings. The molecular weight excluding hydrogens is 446 g/mol. The number of esters is 3. The van der Waals surface area contributed by atoms with Gasteiger partial charge in [0.05, 0.1) is 19.4 Å². The third-order valence-corrected chi connectivity index (χ3v) is 5.21. The van der Waals surface area contributed by atoms with Crippen LogP contribution in [-0.2, 0) is 36.9 Å². The Hall–Kier alpha value is -3.19. The van der Waals surface area contributed by atoms with Gasteiger partial charge in [0.1, 0.15) is 12.4 Å². The number of ether oxygens (including phenoxy) is 3. The van der Waals surface area contributed by atoms with Crippen LogP contribution in [0.3, 0.4) is 0 Å². The van der Waals surface area contributed by atoms with Crippen LogP contribution in [0.15, 0.2) is 54.6 Å². The smallest absolute Gasteiger partial charge is 0.308 e. The molecule has 0 spiro atoms. The molecule has 0 amide bonds. The van der Waals surface area contributed by atoms with Crippen molar-refractivity contribution in [3.63, 3.8) is 0 Å². The van der Waals surface area contributed by atoms with Crippen molar-refractivity contribution in [3.05, 3.63) is 65.7 Å². The average molecular weight is 486 g/mol. The number of hydrogen-bond donors (Lipinski definition) is 0. The van der Waals surface area contributed by atoms with Gasteiger partial charge >= 0.3 is 17.9 Å². The molecule has 2 aromatic carbocycles. The predicted molar refractivity (Wildman–Crippen MR) is 136 cm³/mol. The average Bonchev–Trinajstić information content (AvgIpc) is 2.86. The standard InChI is InChI=1S/C26H33NO6.C2H6/c1-4-27(5-2)23(18-26(30)32-19-22-9-7-6-8-10-22)17-25(29)31-16-15-21-11-13-24(14-12-21)33-20(3)28;1-2/h6-14,23H,4-5,15-19H2,1-3H3;1-2H3. The molecule has 7 nitrogen and oxygen atoms in total. The zero-order valence-corrected chi connectivity index (χ0v) is 21.6. The molecule has 0 aromatic heterocycles. The van der Waals surface area contributed by atoms with Crippen LogP contribution < -0.4 is 4.74 Å². The molecule has 1 unspecified atom stereocenters. The summed E-state index contributed by atoms with van der Waals surface area (Å²) in [6, 6.07) is 16.3. The highest BCUT2D eigenvalue weighted by atomic mass is 16.5. The van der Waals surface area contributed by atoms with Crippen LogP contribution in [-0.4, -0.2) is 48.5 Å². The first kappa shape index (κ1) is 29.8. The van der Waals surface area contributed by atoms with Gasteiger partial charge in [0.25, 0.3) is 0 Å². The molecule has 0 heterocycles. The molecule has 2 rings (SSSR count). The first-order valence-corrected chi connectivity index (χ1v) is 12.3. The molecule has 192 valence electrons. The normalized spacial score (nSPS) is 11.1. The Morgan fingerprint density at radius 3 is 1.91 bits per heavy atom. The van der Waals surface area contributed by atoms with Crippen molar-refractivity contribution in [2.75, 3.05) is 19.7 Å². The second-order valence-electron chi connectivity index (χ2n) is 7.64. The lowest BCUT2D eigenvalue weighted by Crippen LogP contribution is -2.39. The summed E-state index contributed by atoms with van der Waals surface area (Å²) in [5, 5.41) is 0. The number of carbonyl (C=O) groups excluding carboxylic acids is 3. The molecule has 7 heteroatoms. The van der Waals surface area contributed by atoms with Crippen LogP contribution >= 0.6 is 0 Å². The summed E-state index contributed by atoms with van der Waals surface area (Å²) in [6.07, 6.45) is 0.788. The SMILES string of the molecule is CC.CCN(CC)C(CC(=O)OCCc1ccc(OC(C)=O)cc1)CC(=O)OCc1ccccc1. The number of rotatable bonds is 13. The first-order valence-electron chi connectivity index (χ1n) is 12.3. The summed E-state index contributed by atoms with van der Waals surface area (Å²) in [5.74, 6) is -0.580. The van der Waals surface area contributed by atoms with Crippen LogP contribution in [0, 0.1) is 0 Å². The predicted octanol–water partition coefficient (Wildman–Crippen LogP) is 4.96. The Labute approximate surface area is 209 Å². The van der Waals surface area contributed by atoms with Crippen molar-refractivity contribution < 1.29 is 28.6 Å². The van der Waals surface area contributed by atoms with E-state index in [1.165, 1.54) is 6.92 Å². The molecule has 0 saturated heterocycles. The third-order valence-electron chi connectivity index (χ3n) is 5.21. The molecule has 1 atom stereocenters. The molecule has 0 aliphatic rings. The lowest BCUT2D eigenvalue weighted by molar-refractivity contribution is -0.148. The number of nitrogens with zero attached hydrogens (tertiary/aromatic N) is 1. The summed E-state index contributed by atoms with van der Waals surface area (Å²) in [7, 11) is 0. The van der Waals surface area contributed by atoms with Crippen molar-refractivity contribution in [1.29, 1.82) is 0 Å². The van der Waals surface area contributed by atoms with Crippen LogP contribution in [0.4, 0.5) is 0 Å². The van der Waals surface area contributed by atoms with E-state index in [2.05, 4.69) is 4.90 Å². The minimum absolute atomic E-state index is 0.119. The van der Waals surface area contributed by atoms with E-state index in [0.717, 1.165) is 24.2 Å². The van der Waals surface area contributed by atoms with Crippen molar-refractivity contribution in [2.24, 2.45) is 0 Å². The lowest BCUT2D eigenvalue weighted by atomic mass is 10.1. The molecule has 0 fully saturated rings. The number of carbonyl (C=O) groups is 3. The van der Waals surface area contributed by atoms with Gasteiger partial charge < -0.3 is 14.2 Å². The van der Waals surface area contributed by atoms with Crippen molar-refractivity contribution in [2.45, 2.75) is 66.5 Å². The van der Waals surface area contributed by atoms with E-state index < -0.39 is 0 Å². The molecule has 0 saturated carbocycles. The second-order valence-corrected chi connectivity index (χ2v) is 7.64. The van der Waals surface area contributed by atoms with Gasteiger partial charge in [-0.05, 0) is 36.3 Å².